The lowest BCUT2D eigenvalue weighted by molar-refractivity contribution is 0.0934. The lowest BCUT2D eigenvalue weighted by atomic mass is 10.2. The van der Waals surface area contributed by atoms with Crippen molar-refractivity contribution in [2.45, 2.75) is 39.3 Å². The van der Waals surface area contributed by atoms with E-state index >= 15 is 0 Å². The summed E-state index contributed by atoms with van der Waals surface area (Å²) in [5.74, 6) is 0.721. The first-order valence-corrected chi connectivity index (χ1v) is 5.82. The van der Waals surface area contributed by atoms with Crippen molar-refractivity contribution in [2.75, 3.05) is 11.9 Å². The van der Waals surface area contributed by atoms with Gasteiger partial charge in [-0.3, -0.25) is 4.79 Å². The number of rotatable bonds is 3. The lowest BCUT2D eigenvalue weighted by Crippen LogP contribution is -2.32. The van der Waals surface area contributed by atoms with Gasteiger partial charge in [0, 0.05) is 25.3 Å². The van der Waals surface area contributed by atoms with Gasteiger partial charge in [-0.2, -0.15) is 0 Å². The quantitative estimate of drug-likeness (QED) is 0.808. The fourth-order valence-corrected chi connectivity index (χ4v) is 1.69. The van der Waals surface area contributed by atoms with Crippen molar-refractivity contribution in [2.24, 2.45) is 0 Å². The van der Waals surface area contributed by atoms with Gasteiger partial charge in [-0.25, -0.2) is 4.98 Å². The number of aromatic nitrogens is 2. The maximum absolute atomic E-state index is 11.8. The molecule has 1 unspecified atom stereocenters. The van der Waals surface area contributed by atoms with E-state index in [-0.39, 0.29) is 11.9 Å². The second-order valence-electron chi connectivity index (χ2n) is 4.21. The van der Waals surface area contributed by atoms with Crippen LogP contribution in [0.5, 0.6) is 0 Å². The van der Waals surface area contributed by atoms with Crippen LogP contribution in [-0.4, -0.2) is 28.0 Å². The summed E-state index contributed by atoms with van der Waals surface area (Å²) in [5, 5.41) is 6.09. The van der Waals surface area contributed by atoms with Gasteiger partial charge in [-0.05, 0) is 19.8 Å². The first-order valence-electron chi connectivity index (χ1n) is 5.82. The van der Waals surface area contributed by atoms with Gasteiger partial charge >= 0.3 is 0 Å². The number of hydrogen-bond donors (Lipinski definition) is 2. The fourth-order valence-electron chi connectivity index (χ4n) is 1.69. The van der Waals surface area contributed by atoms with Crippen molar-refractivity contribution in [3.05, 3.63) is 11.9 Å². The molecule has 88 valence electrons. The van der Waals surface area contributed by atoms with E-state index < -0.39 is 0 Å². The molecule has 0 radical (unpaired) electrons. The van der Waals surface area contributed by atoms with E-state index in [0.29, 0.717) is 5.69 Å². The molecule has 0 spiro atoms. The maximum Gasteiger partial charge on any atom is 0.271 e. The molecule has 1 aromatic heterocycles. The molecule has 1 aromatic rings. The highest BCUT2D eigenvalue weighted by Gasteiger charge is 2.17. The third-order valence-corrected chi connectivity index (χ3v) is 2.86. The van der Waals surface area contributed by atoms with Crippen LogP contribution in [0.1, 0.15) is 37.2 Å². The highest BCUT2D eigenvalue weighted by molar-refractivity contribution is 5.92. The molecular weight excluding hydrogens is 204 g/mol. The summed E-state index contributed by atoms with van der Waals surface area (Å²) in [6.45, 7) is 5.91. The number of hydrogen-bond acceptors (Lipinski definition) is 3. The molecule has 2 heterocycles. The van der Waals surface area contributed by atoms with Crippen LogP contribution in [0.15, 0.2) is 6.20 Å². The van der Waals surface area contributed by atoms with Gasteiger partial charge in [0.05, 0.1) is 0 Å². The van der Waals surface area contributed by atoms with E-state index in [2.05, 4.69) is 15.6 Å². The van der Waals surface area contributed by atoms with Crippen molar-refractivity contribution < 1.29 is 4.79 Å². The summed E-state index contributed by atoms with van der Waals surface area (Å²) >= 11 is 0. The second-order valence-corrected chi connectivity index (χ2v) is 4.21. The number of nitrogens with zero attached hydrogens (tertiary/aromatic N) is 2. The largest absolute Gasteiger partial charge is 0.356 e. The Hall–Kier alpha value is -1.52. The van der Waals surface area contributed by atoms with Crippen LogP contribution in [0.25, 0.3) is 0 Å². The Bertz CT molecular complexity index is 362. The van der Waals surface area contributed by atoms with E-state index in [1.54, 1.807) is 0 Å². The zero-order chi connectivity index (χ0) is 11.5. The molecule has 0 saturated carbocycles. The number of amides is 1. The fraction of sp³-hybridized carbons (Fsp3) is 0.636. The summed E-state index contributed by atoms with van der Waals surface area (Å²) < 4.78 is 2.00. The van der Waals surface area contributed by atoms with Crippen LogP contribution < -0.4 is 10.6 Å². The van der Waals surface area contributed by atoms with Gasteiger partial charge in [0.2, 0.25) is 5.95 Å². The monoisotopic (exact) mass is 222 g/mol. The van der Waals surface area contributed by atoms with E-state index in [4.69, 9.17) is 0 Å². The Morgan fingerprint density at radius 1 is 1.75 bits per heavy atom. The molecule has 5 heteroatoms. The van der Waals surface area contributed by atoms with Crippen molar-refractivity contribution in [1.82, 2.24) is 14.9 Å². The van der Waals surface area contributed by atoms with Gasteiger partial charge in [-0.15, -0.1) is 0 Å². The van der Waals surface area contributed by atoms with E-state index in [0.717, 1.165) is 31.9 Å². The Balaban J connectivity index is 2.09. The van der Waals surface area contributed by atoms with Crippen LogP contribution >= 0.6 is 0 Å². The SMILES string of the molecule is CCC(C)NC(=O)c1cn2c(n1)NCCC2. The molecule has 0 bridgehead atoms. The first kappa shape index (κ1) is 11.0. The summed E-state index contributed by atoms with van der Waals surface area (Å²) in [6, 6.07) is 0.194. The van der Waals surface area contributed by atoms with Crippen molar-refractivity contribution >= 4 is 11.9 Å². The third-order valence-electron chi connectivity index (χ3n) is 2.86. The molecule has 2 N–H and O–H groups in total. The molecule has 5 nitrogen and oxygen atoms in total. The second kappa shape index (κ2) is 4.55. The average molecular weight is 222 g/mol. The number of fused-ring (bicyclic) bond motifs is 1. The summed E-state index contributed by atoms with van der Waals surface area (Å²) in [7, 11) is 0. The number of nitrogens with one attached hydrogen (secondary N) is 2. The molecule has 1 aliphatic rings. The number of carbonyl (C=O) groups is 1. The minimum Gasteiger partial charge on any atom is -0.356 e. The van der Waals surface area contributed by atoms with Gasteiger partial charge in [-0.1, -0.05) is 6.92 Å². The molecule has 16 heavy (non-hydrogen) atoms. The summed E-state index contributed by atoms with van der Waals surface area (Å²) in [5.41, 5.74) is 0.504. The molecule has 0 saturated heterocycles. The Kier molecular flexibility index (Phi) is 3.12. The van der Waals surface area contributed by atoms with Crippen LogP contribution in [0.4, 0.5) is 5.95 Å². The van der Waals surface area contributed by atoms with Crippen molar-refractivity contribution in [3.63, 3.8) is 0 Å². The van der Waals surface area contributed by atoms with Crippen LogP contribution in [0.2, 0.25) is 0 Å². The Morgan fingerprint density at radius 3 is 3.25 bits per heavy atom. The minimum absolute atomic E-state index is 0.0851. The highest BCUT2D eigenvalue weighted by atomic mass is 16.2. The molecule has 1 atom stereocenters. The van der Waals surface area contributed by atoms with E-state index in [9.17, 15) is 4.79 Å². The van der Waals surface area contributed by atoms with Crippen molar-refractivity contribution in [3.8, 4) is 0 Å². The van der Waals surface area contributed by atoms with Crippen LogP contribution in [0.3, 0.4) is 0 Å². The molecule has 2 rings (SSSR count). The normalized spacial score (nSPS) is 16.1. The maximum atomic E-state index is 11.8. The molecule has 0 aliphatic carbocycles. The zero-order valence-electron chi connectivity index (χ0n) is 9.79. The summed E-state index contributed by atoms with van der Waals surface area (Å²) in [4.78, 5) is 16.1. The van der Waals surface area contributed by atoms with E-state index in [1.165, 1.54) is 0 Å². The molecule has 0 fully saturated rings. The minimum atomic E-state index is -0.0851. The molecular formula is C11H18N4O. The number of aryl methyl sites for hydroxylation is 1. The van der Waals surface area contributed by atoms with Crippen LogP contribution in [-0.2, 0) is 6.54 Å². The van der Waals surface area contributed by atoms with Crippen molar-refractivity contribution in [1.29, 1.82) is 0 Å². The Morgan fingerprint density at radius 2 is 2.56 bits per heavy atom. The third kappa shape index (κ3) is 2.18. The molecule has 0 aromatic carbocycles. The number of carbonyl (C=O) groups excluding carboxylic acids is 1. The molecule has 1 aliphatic heterocycles. The van der Waals surface area contributed by atoms with Crippen LogP contribution in [0, 0.1) is 0 Å². The number of imidazole rings is 1. The smallest absolute Gasteiger partial charge is 0.271 e. The highest BCUT2D eigenvalue weighted by Crippen LogP contribution is 2.14. The molecule has 1 amide bonds. The zero-order valence-corrected chi connectivity index (χ0v) is 9.79. The standard InChI is InChI=1S/C11H18N4O/c1-3-8(2)13-10(16)9-7-15-6-4-5-12-11(15)14-9/h7-8H,3-6H2,1-2H3,(H,12,14)(H,13,16). The number of anilines is 1. The van der Waals surface area contributed by atoms with E-state index in [1.807, 2.05) is 24.6 Å². The predicted molar refractivity (Wildman–Crippen MR) is 62.6 cm³/mol. The van der Waals surface area contributed by atoms with Gasteiger partial charge in [0.1, 0.15) is 5.69 Å². The van der Waals surface area contributed by atoms with Gasteiger partial charge in [0.25, 0.3) is 5.91 Å². The topological polar surface area (TPSA) is 59.0 Å². The average Bonchev–Trinajstić information content (AvgIpc) is 2.72. The first-order chi connectivity index (χ1) is 7.70. The Labute approximate surface area is 95.2 Å². The van der Waals surface area contributed by atoms with Gasteiger partial charge < -0.3 is 15.2 Å². The lowest BCUT2D eigenvalue weighted by Gasteiger charge is -2.14. The predicted octanol–water partition coefficient (Wildman–Crippen LogP) is 1.23. The van der Waals surface area contributed by atoms with Gasteiger partial charge in [0.15, 0.2) is 0 Å². The summed E-state index contributed by atoms with van der Waals surface area (Å²) in [6.07, 6.45) is 3.83.